The molecule has 0 radical (unpaired) electrons. The lowest BCUT2D eigenvalue weighted by molar-refractivity contribution is 0.590. The molecule has 0 amide bonds. The third-order valence-corrected chi connectivity index (χ3v) is 3.91. The quantitative estimate of drug-likeness (QED) is 0.904. The summed E-state index contributed by atoms with van der Waals surface area (Å²) in [7, 11) is -2.91. The van der Waals surface area contributed by atoms with E-state index in [1.165, 1.54) is 6.26 Å². The maximum absolute atomic E-state index is 11.1. The van der Waals surface area contributed by atoms with Crippen LogP contribution in [0.15, 0.2) is 28.7 Å². The van der Waals surface area contributed by atoms with E-state index in [-0.39, 0.29) is 11.7 Å². The second kappa shape index (κ2) is 5.80. The van der Waals surface area contributed by atoms with Crippen molar-refractivity contribution in [3.05, 3.63) is 34.3 Å². The fraction of sp³-hybridized carbons (Fsp3) is 0.455. The van der Waals surface area contributed by atoms with Gasteiger partial charge in [-0.1, -0.05) is 28.1 Å². The summed E-state index contributed by atoms with van der Waals surface area (Å²) in [6.45, 7) is 0.464. The normalized spacial score (nSPS) is 13.7. The number of hydrogen-bond acceptors (Lipinski definition) is 3. The van der Waals surface area contributed by atoms with Crippen LogP contribution in [0.5, 0.6) is 0 Å². The maximum atomic E-state index is 11.1. The molecule has 0 bridgehead atoms. The molecule has 0 spiro atoms. The lowest BCUT2D eigenvalue weighted by Gasteiger charge is -2.14. The molecule has 5 heteroatoms. The SMILES string of the molecule is CS(=O)(=O)CCC(CN)c1cccc(Br)c1. The maximum Gasteiger partial charge on any atom is 0.147 e. The van der Waals surface area contributed by atoms with Crippen molar-refractivity contribution in [1.29, 1.82) is 0 Å². The fourth-order valence-electron chi connectivity index (χ4n) is 1.54. The van der Waals surface area contributed by atoms with Crippen LogP contribution in [0.1, 0.15) is 17.9 Å². The minimum atomic E-state index is -2.91. The van der Waals surface area contributed by atoms with Crippen LogP contribution in [0.25, 0.3) is 0 Å². The van der Waals surface area contributed by atoms with Crippen LogP contribution in [0.3, 0.4) is 0 Å². The van der Waals surface area contributed by atoms with E-state index in [2.05, 4.69) is 15.9 Å². The van der Waals surface area contributed by atoms with Crippen molar-refractivity contribution in [3.63, 3.8) is 0 Å². The van der Waals surface area contributed by atoms with Crippen LogP contribution < -0.4 is 5.73 Å². The van der Waals surface area contributed by atoms with E-state index in [0.29, 0.717) is 13.0 Å². The average molecular weight is 306 g/mol. The number of rotatable bonds is 5. The van der Waals surface area contributed by atoms with Gasteiger partial charge in [0.2, 0.25) is 0 Å². The first-order valence-electron chi connectivity index (χ1n) is 5.05. The zero-order valence-electron chi connectivity index (χ0n) is 9.19. The second-order valence-corrected chi connectivity index (χ2v) is 7.08. The van der Waals surface area contributed by atoms with Gasteiger partial charge in [0.25, 0.3) is 0 Å². The van der Waals surface area contributed by atoms with E-state index in [9.17, 15) is 8.42 Å². The summed E-state index contributed by atoms with van der Waals surface area (Å²) >= 11 is 3.39. The molecule has 0 fully saturated rings. The Bertz CT molecular complexity index is 445. The molecule has 0 aliphatic heterocycles. The predicted molar refractivity (Wildman–Crippen MR) is 70.3 cm³/mol. The highest BCUT2D eigenvalue weighted by Crippen LogP contribution is 2.22. The molecule has 0 aromatic heterocycles. The molecule has 1 unspecified atom stereocenters. The Morgan fingerprint density at radius 3 is 2.62 bits per heavy atom. The van der Waals surface area contributed by atoms with Crippen molar-refractivity contribution >= 4 is 25.8 Å². The number of nitrogens with two attached hydrogens (primary N) is 1. The van der Waals surface area contributed by atoms with Gasteiger partial charge in [0.05, 0.1) is 5.75 Å². The van der Waals surface area contributed by atoms with E-state index in [1.54, 1.807) is 0 Å². The van der Waals surface area contributed by atoms with Gasteiger partial charge >= 0.3 is 0 Å². The Morgan fingerprint density at radius 2 is 2.12 bits per heavy atom. The first-order chi connectivity index (χ1) is 7.42. The summed E-state index contributed by atoms with van der Waals surface area (Å²) < 4.78 is 23.2. The molecule has 1 aromatic carbocycles. The molecule has 1 rings (SSSR count). The van der Waals surface area contributed by atoms with Crippen LogP contribution in [0.4, 0.5) is 0 Å². The summed E-state index contributed by atoms with van der Waals surface area (Å²) in [5.41, 5.74) is 6.76. The summed E-state index contributed by atoms with van der Waals surface area (Å²) in [6.07, 6.45) is 1.83. The standard InChI is InChI=1S/C11H16BrNO2S/c1-16(14,15)6-5-10(8-13)9-3-2-4-11(12)7-9/h2-4,7,10H,5-6,8,13H2,1H3. The van der Waals surface area contributed by atoms with Gasteiger partial charge in [-0.2, -0.15) is 0 Å². The molecule has 1 aromatic rings. The predicted octanol–water partition coefficient (Wildman–Crippen LogP) is 1.93. The van der Waals surface area contributed by atoms with Crippen LogP contribution in [0, 0.1) is 0 Å². The van der Waals surface area contributed by atoms with Gasteiger partial charge < -0.3 is 5.73 Å². The molecule has 0 aliphatic carbocycles. The highest BCUT2D eigenvalue weighted by molar-refractivity contribution is 9.10. The van der Waals surface area contributed by atoms with E-state index in [0.717, 1.165) is 10.0 Å². The lowest BCUT2D eigenvalue weighted by Crippen LogP contribution is -2.16. The summed E-state index contributed by atoms with van der Waals surface area (Å²) in [4.78, 5) is 0. The fourth-order valence-corrected chi connectivity index (χ4v) is 2.67. The van der Waals surface area contributed by atoms with Crippen LogP contribution >= 0.6 is 15.9 Å². The molecule has 16 heavy (non-hydrogen) atoms. The van der Waals surface area contributed by atoms with Gasteiger partial charge in [0.1, 0.15) is 9.84 Å². The number of hydrogen-bond donors (Lipinski definition) is 1. The van der Waals surface area contributed by atoms with Gasteiger partial charge in [0, 0.05) is 10.7 Å². The molecule has 1 atom stereocenters. The van der Waals surface area contributed by atoms with Gasteiger partial charge in [0.15, 0.2) is 0 Å². The van der Waals surface area contributed by atoms with E-state index in [4.69, 9.17) is 5.73 Å². The second-order valence-electron chi connectivity index (χ2n) is 3.91. The topological polar surface area (TPSA) is 60.2 Å². The first kappa shape index (κ1) is 13.7. The van der Waals surface area contributed by atoms with Crippen molar-refractivity contribution < 1.29 is 8.42 Å². The monoisotopic (exact) mass is 305 g/mol. The Labute approximate surface area is 105 Å². The van der Waals surface area contributed by atoms with Gasteiger partial charge in [-0.15, -0.1) is 0 Å². The molecule has 0 aliphatic rings. The molecule has 3 nitrogen and oxygen atoms in total. The molecular weight excluding hydrogens is 290 g/mol. The average Bonchev–Trinajstić information content (AvgIpc) is 2.17. The van der Waals surface area contributed by atoms with Crippen LogP contribution in [0.2, 0.25) is 0 Å². The van der Waals surface area contributed by atoms with Crippen molar-refractivity contribution in [3.8, 4) is 0 Å². The van der Waals surface area contributed by atoms with Crippen molar-refractivity contribution in [2.75, 3.05) is 18.6 Å². The third kappa shape index (κ3) is 4.63. The van der Waals surface area contributed by atoms with Gasteiger partial charge in [-0.25, -0.2) is 8.42 Å². The van der Waals surface area contributed by atoms with E-state index >= 15 is 0 Å². The van der Waals surface area contributed by atoms with E-state index < -0.39 is 9.84 Å². The van der Waals surface area contributed by atoms with Crippen LogP contribution in [-0.4, -0.2) is 27.0 Å². The Balaban J connectivity index is 2.75. The zero-order valence-corrected chi connectivity index (χ0v) is 11.6. The summed E-state index contributed by atoms with van der Waals surface area (Å²) in [6, 6.07) is 7.83. The number of benzene rings is 1. The van der Waals surface area contributed by atoms with Gasteiger partial charge in [-0.3, -0.25) is 0 Å². The van der Waals surface area contributed by atoms with Crippen molar-refractivity contribution in [1.82, 2.24) is 0 Å². The molecule has 90 valence electrons. The minimum Gasteiger partial charge on any atom is -0.330 e. The number of sulfone groups is 1. The zero-order chi connectivity index (χ0) is 12.2. The molecule has 0 saturated carbocycles. The van der Waals surface area contributed by atoms with E-state index in [1.807, 2.05) is 24.3 Å². The van der Waals surface area contributed by atoms with Gasteiger partial charge in [-0.05, 0) is 36.6 Å². The Kier molecular flexibility index (Phi) is 4.95. The number of halogens is 1. The minimum absolute atomic E-state index is 0.104. The van der Waals surface area contributed by atoms with Crippen LogP contribution in [-0.2, 0) is 9.84 Å². The lowest BCUT2D eigenvalue weighted by atomic mass is 9.97. The summed E-state index contributed by atoms with van der Waals surface area (Å²) in [5, 5.41) is 0. The largest absolute Gasteiger partial charge is 0.330 e. The smallest absolute Gasteiger partial charge is 0.147 e. The molecule has 0 heterocycles. The highest BCUT2D eigenvalue weighted by Gasteiger charge is 2.13. The van der Waals surface area contributed by atoms with Crippen molar-refractivity contribution in [2.24, 2.45) is 5.73 Å². The highest BCUT2D eigenvalue weighted by atomic mass is 79.9. The van der Waals surface area contributed by atoms with Crippen molar-refractivity contribution in [2.45, 2.75) is 12.3 Å². The molecular formula is C11H16BrNO2S. The third-order valence-electron chi connectivity index (χ3n) is 2.44. The molecule has 2 N–H and O–H groups in total. The molecule has 0 saturated heterocycles. The Hall–Kier alpha value is -0.390. The first-order valence-corrected chi connectivity index (χ1v) is 7.91. The summed E-state index contributed by atoms with van der Waals surface area (Å²) in [5.74, 6) is 0.286. The Morgan fingerprint density at radius 1 is 1.44 bits per heavy atom.